The van der Waals surface area contributed by atoms with Gasteiger partial charge in [-0.1, -0.05) is 152 Å². The van der Waals surface area contributed by atoms with Gasteiger partial charge < -0.3 is 8.98 Å². The molecule has 0 unspecified atom stereocenters. The monoisotopic (exact) mass is 729 g/mol. The van der Waals surface area contributed by atoms with Crippen molar-refractivity contribution in [3.05, 3.63) is 188 Å². The van der Waals surface area contributed by atoms with E-state index >= 15 is 0 Å². The Morgan fingerprint density at radius 3 is 1.49 bits per heavy atom. The van der Waals surface area contributed by atoms with E-state index in [-0.39, 0.29) is 0 Å². The third-order valence-electron chi connectivity index (χ3n) is 11.2. The molecule has 0 radical (unpaired) electrons. The minimum Gasteiger partial charge on any atom is -0.456 e. The standard InChI is InChI=1S/C51H31N5O/c1-3-13-32(14-4-1)33-23-25-35(26-24-33)50-52-49(34-15-5-2-6-16-34)53-51(54-50)56-44-21-11-8-18-38(44)42-30-29-41-37-17-7-10-20-43(37)55(47(41)48(42)56)36-27-28-40-39-19-9-12-22-45(39)57-46(40)31-36/h1-31H. The molecule has 8 aromatic carbocycles. The summed E-state index contributed by atoms with van der Waals surface area (Å²) in [5.74, 6) is 1.76. The van der Waals surface area contributed by atoms with Crippen molar-refractivity contribution in [3.63, 3.8) is 0 Å². The summed E-state index contributed by atoms with van der Waals surface area (Å²) in [4.78, 5) is 15.7. The van der Waals surface area contributed by atoms with Gasteiger partial charge in [0.05, 0.1) is 27.8 Å². The molecule has 6 heteroatoms. The summed E-state index contributed by atoms with van der Waals surface area (Å²) in [5, 5.41) is 6.74. The molecule has 12 aromatic rings. The number of rotatable bonds is 5. The Bertz CT molecular complexity index is 3510. The van der Waals surface area contributed by atoms with Gasteiger partial charge in [-0.2, -0.15) is 9.97 Å². The number of nitrogens with zero attached hydrogens (tertiary/aromatic N) is 5. The molecule has 57 heavy (non-hydrogen) atoms. The zero-order valence-corrected chi connectivity index (χ0v) is 30.5. The average molecular weight is 730 g/mol. The quantitative estimate of drug-likeness (QED) is 0.177. The van der Waals surface area contributed by atoms with Crippen molar-refractivity contribution in [1.29, 1.82) is 0 Å². The maximum atomic E-state index is 6.44. The zero-order chi connectivity index (χ0) is 37.5. The van der Waals surface area contributed by atoms with Gasteiger partial charge in [-0.3, -0.25) is 4.57 Å². The lowest BCUT2D eigenvalue weighted by Crippen LogP contribution is -2.07. The molecule has 0 bridgehead atoms. The topological polar surface area (TPSA) is 61.7 Å². The van der Waals surface area contributed by atoms with Crippen molar-refractivity contribution >= 4 is 65.6 Å². The van der Waals surface area contributed by atoms with Crippen molar-refractivity contribution in [3.8, 4) is 45.5 Å². The van der Waals surface area contributed by atoms with Gasteiger partial charge in [0.25, 0.3) is 0 Å². The SMILES string of the molecule is c1ccc(-c2ccc(-c3nc(-c4ccccc4)nc(-n4c5ccccc5c5ccc6c7ccccc7n(-c7ccc8c(c7)oc7ccccc78)c6c54)n3)cc2)cc1. The number of fused-ring (bicyclic) bond motifs is 10. The van der Waals surface area contributed by atoms with Crippen LogP contribution in [0.4, 0.5) is 0 Å². The van der Waals surface area contributed by atoms with Gasteiger partial charge >= 0.3 is 0 Å². The maximum Gasteiger partial charge on any atom is 0.238 e. The first-order valence-electron chi connectivity index (χ1n) is 19.1. The number of para-hydroxylation sites is 3. The van der Waals surface area contributed by atoms with Crippen LogP contribution < -0.4 is 0 Å². The van der Waals surface area contributed by atoms with Crippen LogP contribution >= 0.6 is 0 Å². The van der Waals surface area contributed by atoms with E-state index in [4.69, 9.17) is 19.4 Å². The van der Waals surface area contributed by atoms with Gasteiger partial charge in [-0.15, -0.1) is 0 Å². The molecule has 12 rings (SSSR count). The second-order valence-corrected chi connectivity index (χ2v) is 14.4. The molecular formula is C51H31N5O. The van der Waals surface area contributed by atoms with Crippen LogP contribution in [0, 0.1) is 0 Å². The van der Waals surface area contributed by atoms with Crippen LogP contribution in [0.2, 0.25) is 0 Å². The fourth-order valence-electron chi connectivity index (χ4n) is 8.58. The summed E-state index contributed by atoms with van der Waals surface area (Å²) in [7, 11) is 0. The fourth-order valence-corrected chi connectivity index (χ4v) is 8.58. The minimum atomic E-state index is 0.550. The predicted octanol–water partition coefficient (Wildman–Crippen LogP) is 13.0. The largest absolute Gasteiger partial charge is 0.456 e. The molecule has 0 atom stereocenters. The average Bonchev–Trinajstić information content (AvgIpc) is 3.94. The van der Waals surface area contributed by atoms with E-state index in [1.54, 1.807) is 0 Å². The number of benzene rings is 8. The third-order valence-corrected chi connectivity index (χ3v) is 11.2. The van der Waals surface area contributed by atoms with Crippen molar-refractivity contribution in [2.45, 2.75) is 0 Å². The normalized spacial score (nSPS) is 11.9. The summed E-state index contributed by atoms with van der Waals surface area (Å²) < 4.78 is 11.0. The first-order chi connectivity index (χ1) is 28.3. The summed E-state index contributed by atoms with van der Waals surface area (Å²) in [6.07, 6.45) is 0. The molecule has 0 saturated carbocycles. The Hall–Kier alpha value is -7.83. The molecule has 0 aliphatic rings. The molecule has 266 valence electrons. The molecule has 4 aromatic heterocycles. The molecule has 0 amide bonds. The van der Waals surface area contributed by atoms with E-state index in [1.165, 1.54) is 0 Å². The summed E-state index contributed by atoms with van der Waals surface area (Å²) >= 11 is 0. The van der Waals surface area contributed by atoms with Crippen LogP contribution in [0.5, 0.6) is 0 Å². The van der Waals surface area contributed by atoms with Gasteiger partial charge in [0.2, 0.25) is 5.95 Å². The number of aromatic nitrogens is 5. The summed E-state index contributed by atoms with van der Waals surface area (Å²) in [6.45, 7) is 0. The predicted molar refractivity (Wildman–Crippen MR) is 232 cm³/mol. The second-order valence-electron chi connectivity index (χ2n) is 14.4. The van der Waals surface area contributed by atoms with Gasteiger partial charge in [0.15, 0.2) is 11.6 Å². The number of hydrogen-bond acceptors (Lipinski definition) is 4. The Labute approximate surface area is 326 Å². The van der Waals surface area contributed by atoms with E-state index in [9.17, 15) is 0 Å². The molecule has 0 N–H and O–H groups in total. The molecule has 0 fully saturated rings. The van der Waals surface area contributed by atoms with Gasteiger partial charge in [-0.25, -0.2) is 4.98 Å². The Kier molecular flexibility index (Phi) is 6.83. The van der Waals surface area contributed by atoms with Crippen molar-refractivity contribution in [2.75, 3.05) is 0 Å². The third kappa shape index (κ3) is 4.87. The van der Waals surface area contributed by atoms with Gasteiger partial charge in [0.1, 0.15) is 11.2 Å². The van der Waals surface area contributed by atoms with E-state index < -0.39 is 0 Å². The molecule has 0 aliphatic heterocycles. The first kappa shape index (κ1) is 31.5. The highest BCUT2D eigenvalue weighted by molar-refractivity contribution is 6.23. The lowest BCUT2D eigenvalue weighted by Gasteiger charge is -2.13. The van der Waals surface area contributed by atoms with E-state index in [0.29, 0.717) is 17.6 Å². The highest BCUT2D eigenvalue weighted by Crippen LogP contribution is 2.42. The van der Waals surface area contributed by atoms with Crippen LogP contribution in [0.15, 0.2) is 192 Å². The van der Waals surface area contributed by atoms with E-state index in [1.807, 2.05) is 36.4 Å². The Balaban J connectivity index is 1.17. The van der Waals surface area contributed by atoms with Crippen LogP contribution in [-0.4, -0.2) is 24.1 Å². The lowest BCUT2D eigenvalue weighted by atomic mass is 10.0. The van der Waals surface area contributed by atoms with Crippen molar-refractivity contribution in [2.24, 2.45) is 0 Å². The van der Waals surface area contributed by atoms with Crippen molar-refractivity contribution < 1.29 is 4.42 Å². The second kappa shape index (κ2) is 12.3. The van der Waals surface area contributed by atoms with Crippen LogP contribution in [0.25, 0.3) is 111 Å². The van der Waals surface area contributed by atoms with Crippen LogP contribution in [0.3, 0.4) is 0 Å². The van der Waals surface area contributed by atoms with Gasteiger partial charge in [0, 0.05) is 49.5 Å². The smallest absolute Gasteiger partial charge is 0.238 e. The highest BCUT2D eigenvalue weighted by Gasteiger charge is 2.24. The minimum absolute atomic E-state index is 0.550. The molecule has 0 spiro atoms. The Morgan fingerprint density at radius 2 is 0.807 bits per heavy atom. The van der Waals surface area contributed by atoms with Crippen molar-refractivity contribution in [1.82, 2.24) is 24.1 Å². The van der Waals surface area contributed by atoms with Crippen LogP contribution in [0.1, 0.15) is 0 Å². The molecular weight excluding hydrogens is 699 g/mol. The summed E-state index contributed by atoms with van der Waals surface area (Å²) in [5.41, 5.74) is 11.1. The zero-order valence-electron chi connectivity index (χ0n) is 30.5. The summed E-state index contributed by atoms with van der Waals surface area (Å²) in [6, 6.07) is 65.5. The van der Waals surface area contributed by atoms with E-state index in [2.05, 4.69) is 161 Å². The van der Waals surface area contributed by atoms with E-state index in [0.717, 1.165) is 93.5 Å². The van der Waals surface area contributed by atoms with Crippen LogP contribution in [-0.2, 0) is 0 Å². The van der Waals surface area contributed by atoms with Gasteiger partial charge in [-0.05, 0) is 41.5 Å². The number of hydrogen-bond donors (Lipinski definition) is 0. The molecule has 4 heterocycles. The maximum absolute atomic E-state index is 6.44. The Morgan fingerprint density at radius 1 is 0.333 bits per heavy atom. The number of furan rings is 1. The molecule has 0 aliphatic carbocycles. The fraction of sp³-hybridized carbons (Fsp3) is 0. The molecule has 6 nitrogen and oxygen atoms in total. The molecule has 0 saturated heterocycles. The highest BCUT2D eigenvalue weighted by atomic mass is 16.3. The first-order valence-corrected chi connectivity index (χ1v) is 19.1. The lowest BCUT2D eigenvalue weighted by molar-refractivity contribution is 0.668.